The van der Waals surface area contributed by atoms with Gasteiger partial charge in [0.2, 0.25) is 0 Å². The Labute approximate surface area is 272 Å². The predicted octanol–water partition coefficient (Wildman–Crippen LogP) is 6.72. The molecule has 5 heterocycles. The summed E-state index contributed by atoms with van der Waals surface area (Å²) < 4.78 is 0. The Bertz CT molecular complexity index is 2110. The highest BCUT2D eigenvalue weighted by Crippen LogP contribution is 2.36. The van der Waals surface area contributed by atoms with Crippen molar-refractivity contribution in [1.29, 1.82) is 0 Å². The highest BCUT2D eigenvalue weighted by Gasteiger charge is 2.16. The summed E-state index contributed by atoms with van der Waals surface area (Å²) in [5.41, 5.74) is 10.0. The summed E-state index contributed by atoms with van der Waals surface area (Å²) in [4.78, 5) is 32.0. The number of nitrogens with one attached hydrogen (secondary N) is 3. The largest absolute Gasteiger partial charge is 0.480 e. The third kappa shape index (κ3) is 6.46. The molecule has 1 fully saturated rings. The molecule has 0 radical (unpaired) electrons. The molecule has 0 aliphatic carbocycles. The van der Waals surface area contributed by atoms with Crippen molar-refractivity contribution in [2.75, 3.05) is 30.3 Å². The van der Waals surface area contributed by atoms with E-state index in [1.165, 1.54) is 12.0 Å². The van der Waals surface area contributed by atoms with Crippen molar-refractivity contribution in [1.82, 2.24) is 30.2 Å². The highest BCUT2D eigenvalue weighted by atomic mass is 16.4. The molecule has 236 valence electrons. The van der Waals surface area contributed by atoms with Crippen molar-refractivity contribution < 1.29 is 9.90 Å². The van der Waals surface area contributed by atoms with Gasteiger partial charge < -0.3 is 21.1 Å². The summed E-state index contributed by atoms with van der Waals surface area (Å²) in [5.74, 6) is 0.499. The molecule has 47 heavy (non-hydrogen) atoms. The number of likely N-dealkylation sites (tertiary alicyclic amines) is 1. The molecule has 0 saturated carbocycles. The fraction of sp³-hybridized carbons (Fsp3) is 0.216. The highest BCUT2D eigenvalue weighted by molar-refractivity contribution is 5.92. The van der Waals surface area contributed by atoms with Crippen LogP contribution in [0.2, 0.25) is 0 Å². The Morgan fingerprint density at radius 3 is 1.85 bits per heavy atom. The van der Waals surface area contributed by atoms with E-state index in [0.29, 0.717) is 12.4 Å². The number of carbonyl (C=O) groups is 1. The molecule has 0 atom stereocenters. The Hall–Kier alpha value is -5.45. The van der Waals surface area contributed by atoms with Gasteiger partial charge in [-0.15, -0.1) is 0 Å². The van der Waals surface area contributed by atoms with Crippen molar-refractivity contribution >= 4 is 50.8 Å². The fourth-order valence-electron chi connectivity index (χ4n) is 6.07. The molecular formula is C37H36N8O2. The predicted molar refractivity (Wildman–Crippen MR) is 186 cm³/mol. The number of carboxylic acid groups (broad SMARTS) is 1. The van der Waals surface area contributed by atoms with E-state index in [9.17, 15) is 4.79 Å². The van der Waals surface area contributed by atoms with Crippen LogP contribution in [0.15, 0.2) is 85.5 Å². The second-order valence-corrected chi connectivity index (χ2v) is 12.0. The van der Waals surface area contributed by atoms with Gasteiger partial charge in [0, 0.05) is 60.0 Å². The quantitative estimate of drug-likeness (QED) is 0.123. The standard InChI is InChI=1S/C37H36N8O2/c1-23-29(6-3-8-31(23)43-36-34-27(10-12-39-36)16-25(19-41-34)18-38-21-33(46)47)30-7-4-9-32(24(30)2)44-37-35-28(11-13-40-37)17-26(20-42-35)22-45-14-5-15-45/h3-4,6-13,16-17,19-20,38H,5,14-15,18,21-22H2,1-2H3,(H,39,43)(H,40,44)(H,46,47). The van der Waals surface area contributed by atoms with E-state index in [1.807, 2.05) is 42.7 Å². The molecule has 1 aliphatic heterocycles. The van der Waals surface area contributed by atoms with Gasteiger partial charge in [-0.05, 0) is 103 Å². The Morgan fingerprint density at radius 1 is 0.766 bits per heavy atom. The molecule has 10 nitrogen and oxygen atoms in total. The van der Waals surface area contributed by atoms with Crippen molar-refractivity contribution in [3.05, 3.63) is 108 Å². The van der Waals surface area contributed by atoms with Gasteiger partial charge in [0.25, 0.3) is 0 Å². The topological polar surface area (TPSA) is 128 Å². The number of carboxylic acids is 1. The minimum absolute atomic E-state index is 0.105. The number of hydrogen-bond acceptors (Lipinski definition) is 9. The molecule has 0 spiro atoms. The van der Waals surface area contributed by atoms with E-state index >= 15 is 0 Å². The molecule has 10 heteroatoms. The first kappa shape index (κ1) is 30.2. The molecule has 0 unspecified atom stereocenters. The molecule has 4 aromatic heterocycles. The Morgan fingerprint density at radius 2 is 1.32 bits per heavy atom. The average molecular weight is 625 g/mol. The number of aromatic nitrogens is 4. The molecule has 1 saturated heterocycles. The smallest absolute Gasteiger partial charge is 0.317 e. The van der Waals surface area contributed by atoms with Gasteiger partial charge in [-0.3, -0.25) is 19.7 Å². The van der Waals surface area contributed by atoms with E-state index < -0.39 is 5.97 Å². The number of hydrogen-bond donors (Lipinski definition) is 4. The van der Waals surface area contributed by atoms with E-state index in [4.69, 9.17) is 10.1 Å². The molecule has 0 bridgehead atoms. The van der Waals surface area contributed by atoms with Gasteiger partial charge in [0.15, 0.2) is 11.6 Å². The number of pyridine rings is 4. The lowest BCUT2D eigenvalue weighted by Gasteiger charge is -2.30. The number of anilines is 4. The SMILES string of the molecule is Cc1c(Nc2nccc3cc(CNCC(=O)O)cnc23)cccc1-c1cccc(Nc2nccc3cc(CN4CCC4)cnc23)c1C. The molecule has 6 aromatic rings. The van der Waals surface area contributed by atoms with Crippen molar-refractivity contribution in [3.8, 4) is 11.1 Å². The second kappa shape index (κ2) is 13.1. The van der Waals surface area contributed by atoms with E-state index in [-0.39, 0.29) is 6.54 Å². The van der Waals surface area contributed by atoms with Crippen LogP contribution in [0.25, 0.3) is 32.9 Å². The Kier molecular flexibility index (Phi) is 8.43. The van der Waals surface area contributed by atoms with Crippen LogP contribution in [-0.4, -0.2) is 55.5 Å². The number of benzene rings is 2. The van der Waals surface area contributed by atoms with Gasteiger partial charge in [-0.2, -0.15) is 0 Å². The van der Waals surface area contributed by atoms with Gasteiger partial charge in [-0.1, -0.05) is 24.3 Å². The normalized spacial score (nSPS) is 13.1. The first-order valence-corrected chi connectivity index (χ1v) is 15.8. The maximum absolute atomic E-state index is 10.9. The number of aliphatic carboxylic acids is 1. The monoisotopic (exact) mass is 624 g/mol. The van der Waals surface area contributed by atoms with Crippen LogP contribution in [0.5, 0.6) is 0 Å². The third-order valence-electron chi connectivity index (χ3n) is 8.74. The minimum atomic E-state index is -0.893. The number of fused-ring (bicyclic) bond motifs is 2. The lowest BCUT2D eigenvalue weighted by molar-refractivity contribution is -0.136. The summed E-state index contributed by atoms with van der Waals surface area (Å²) in [6.07, 6.45) is 8.59. The zero-order chi connectivity index (χ0) is 32.3. The zero-order valence-corrected chi connectivity index (χ0v) is 26.4. The molecule has 0 amide bonds. The first-order chi connectivity index (χ1) is 22.9. The maximum atomic E-state index is 10.9. The van der Waals surface area contributed by atoms with Crippen LogP contribution >= 0.6 is 0 Å². The Balaban J connectivity index is 1.14. The number of nitrogens with zero attached hydrogens (tertiary/aromatic N) is 5. The average Bonchev–Trinajstić information content (AvgIpc) is 3.05. The van der Waals surface area contributed by atoms with Crippen LogP contribution in [-0.2, 0) is 17.9 Å². The molecule has 4 N–H and O–H groups in total. The summed E-state index contributed by atoms with van der Waals surface area (Å²) >= 11 is 0. The van der Waals surface area contributed by atoms with Crippen LogP contribution < -0.4 is 16.0 Å². The van der Waals surface area contributed by atoms with Crippen molar-refractivity contribution in [2.45, 2.75) is 33.4 Å². The fourth-order valence-corrected chi connectivity index (χ4v) is 6.07. The van der Waals surface area contributed by atoms with Crippen LogP contribution in [0.1, 0.15) is 28.7 Å². The summed E-state index contributed by atoms with van der Waals surface area (Å²) in [7, 11) is 0. The summed E-state index contributed by atoms with van der Waals surface area (Å²) in [6, 6.07) is 20.7. The third-order valence-corrected chi connectivity index (χ3v) is 8.74. The summed E-state index contributed by atoms with van der Waals surface area (Å²) in [6.45, 7) is 7.79. The van der Waals surface area contributed by atoms with Gasteiger partial charge in [0.05, 0.1) is 6.54 Å². The minimum Gasteiger partial charge on any atom is -0.480 e. The van der Waals surface area contributed by atoms with Gasteiger partial charge in [0.1, 0.15) is 11.0 Å². The lowest BCUT2D eigenvalue weighted by Crippen LogP contribution is -2.36. The molecular weight excluding hydrogens is 588 g/mol. The van der Waals surface area contributed by atoms with E-state index in [0.717, 1.165) is 86.5 Å². The van der Waals surface area contributed by atoms with E-state index in [1.54, 1.807) is 12.4 Å². The lowest BCUT2D eigenvalue weighted by atomic mass is 9.94. The summed E-state index contributed by atoms with van der Waals surface area (Å²) in [5, 5.41) is 20.9. The van der Waals surface area contributed by atoms with Crippen molar-refractivity contribution in [3.63, 3.8) is 0 Å². The van der Waals surface area contributed by atoms with Crippen LogP contribution in [0, 0.1) is 13.8 Å². The van der Waals surface area contributed by atoms with Gasteiger partial charge >= 0.3 is 5.97 Å². The second-order valence-electron chi connectivity index (χ2n) is 12.0. The molecule has 7 rings (SSSR count). The zero-order valence-electron chi connectivity index (χ0n) is 26.4. The number of rotatable bonds is 11. The molecule has 2 aromatic carbocycles. The van der Waals surface area contributed by atoms with Crippen molar-refractivity contribution in [2.24, 2.45) is 0 Å². The first-order valence-electron chi connectivity index (χ1n) is 15.8. The van der Waals surface area contributed by atoms with E-state index in [2.05, 4.69) is 80.0 Å². The van der Waals surface area contributed by atoms with Crippen LogP contribution in [0.4, 0.5) is 23.0 Å². The van der Waals surface area contributed by atoms with Gasteiger partial charge in [-0.25, -0.2) is 9.97 Å². The maximum Gasteiger partial charge on any atom is 0.317 e. The molecule has 1 aliphatic rings. The van der Waals surface area contributed by atoms with Crippen LogP contribution in [0.3, 0.4) is 0 Å².